The first-order valence-corrected chi connectivity index (χ1v) is 5.35. The predicted molar refractivity (Wildman–Crippen MR) is 61.7 cm³/mol. The van der Waals surface area contributed by atoms with Crippen LogP contribution in [-0.4, -0.2) is 25.5 Å². The minimum atomic E-state index is -0.507. The van der Waals surface area contributed by atoms with Gasteiger partial charge in [0.05, 0.1) is 25.9 Å². The van der Waals surface area contributed by atoms with Crippen molar-refractivity contribution in [3.05, 3.63) is 25.5 Å². The van der Waals surface area contributed by atoms with Crippen molar-refractivity contribution in [1.29, 1.82) is 0 Å². The van der Waals surface area contributed by atoms with E-state index in [-0.39, 0.29) is 12.4 Å². The SMILES string of the molecule is C=CCC(=O)OC(C)OCCCCOC=C. The first kappa shape index (κ1) is 14.7. The van der Waals surface area contributed by atoms with Crippen molar-refractivity contribution >= 4 is 5.97 Å². The molecule has 0 N–H and O–H groups in total. The number of hydrogen-bond donors (Lipinski definition) is 0. The van der Waals surface area contributed by atoms with Gasteiger partial charge in [0.2, 0.25) is 0 Å². The molecule has 0 aromatic rings. The van der Waals surface area contributed by atoms with E-state index in [4.69, 9.17) is 14.2 Å². The third-order valence-electron chi connectivity index (χ3n) is 1.74. The maximum absolute atomic E-state index is 11.0. The minimum absolute atomic E-state index is 0.209. The van der Waals surface area contributed by atoms with E-state index >= 15 is 0 Å². The van der Waals surface area contributed by atoms with Crippen LogP contribution in [0.2, 0.25) is 0 Å². The summed E-state index contributed by atoms with van der Waals surface area (Å²) in [6.45, 7) is 9.76. The van der Waals surface area contributed by atoms with Crippen LogP contribution >= 0.6 is 0 Å². The molecule has 4 nitrogen and oxygen atoms in total. The summed E-state index contributed by atoms with van der Waals surface area (Å²) in [4.78, 5) is 11.0. The Morgan fingerprint density at radius 1 is 1.31 bits per heavy atom. The minimum Gasteiger partial charge on any atom is -0.502 e. The standard InChI is InChI=1S/C12H20O4/c1-4-8-12(13)16-11(3)15-10-7-6-9-14-5-2/h4-5,11H,1-2,6-10H2,3H3. The second kappa shape index (κ2) is 10.2. The van der Waals surface area contributed by atoms with Gasteiger partial charge in [0.15, 0.2) is 6.29 Å². The fourth-order valence-corrected chi connectivity index (χ4v) is 1.01. The Bertz CT molecular complexity index is 213. The molecule has 0 aliphatic rings. The predicted octanol–water partition coefficient (Wildman–Crippen LogP) is 2.41. The van der Waals surface area contributed by atoms with Crippen LogP contribution in [0.1, 0.15) is 26.2 Å². The summed E-state index contributed by atoms with van der Waals surface area (Å²) in [5.74, 6) is -0.322. The molecule has 16 heavy (non-hydrogen) atoms. The van der Waals surface area contributed by atoms with Crippen molar-refractivity contribution in [3.63, 3.8) is 0 Å². The van der Waals surface area contributed by atoms with Crippen molar-refractivity contribution in [2.45, 2.75) is 32.5 Å². The summed E-state index contributed by atoms with van der Waals surface area (Å²) in [6, 6.07) is 0. The van der Waals surface area contributed by atoms with Gasteiger partial charge in [0.1, 0.15) is 0 Å². The highest BCUT2D eigenvalue weighted by molar-refractivity contribution is 5.71. The van der Waals surface area contributed by atoms with Crippen molar-refractivity contribution < 1.29 is 19.0 Å². The monoisotopic (exact) mass is 228 g/mol. The summed E-state index contributed by atoms with van der Waals surface area (Å²) in [6.07, 6.45) is 4.37. The fourth-order valence-electron chi connectivity index (χ4n) is 1.01. The molecule has 0 radical (unpaired) electrons. The van der Waals surface area contributed by atoms with Gasteiger partial charge in [-0.25, -0.2) is 0 Å². The van der Waals surface area contributed by atoms with E-state index in [1.54, 1.807) is 6.92 Å². The molecule has 0 amide bonds. The Hall–Kier alpha value is -1.29. The van der Waals surface area contributed by atoms with Crippen LogP contribution in [0, 0.1) is 0 Å². The number of hydrogen-bond acceptors (Lipinski definition) is 4. The molecule has 0 bridgehead atoms. The highest BCUT2D eigenvalue weighted by Gasteiger charge is 2.07. The topological polar surface area (TPSA) is 44.8 Å². The zero-order valence-corrected chi connectivity index (χ0v) is 9.81. The molecule has 0 heterocycles. The van der Waals surface area contributed by atoms with Crippen LogP contribution in [0.5, 0.6) is 0 Å². The molecule has 0 aliphatic heterocycles. The highest BCUT2D eigenvalue weighted by Crippen LogP contribution is 2.00. The number of unbranched alkanes of at least 4 members (excludes halogenated alkanes) is 1. The van der Waals surface area contributed by atoms with Crippen LogP contribution in [0.4, 0.5) is 0 Å². The summed E-state index contributed by atoms with van der Waals surface area (Å²) >= 11 is 0. The summed E-state index contributed by atoms with van der Waals surface area (Å²) in [5.41, 5.74) is 0. The van der Waals surface area contributed by atoms with E-state index in [0.717, 1.165) is 12.8 Å². The summed E-state index contributed by atoms with van der Waals surface area (Å²) in [7, 11) is 0. The lowest BCUT2D eigenvalue weighted by Crippen LogP contribution is -2.18. The van der Waals surface area contributed by atoms with Gasteiger partial charge in [-0.05, 0) is 19.8 Å². The average molecular weight is 228 g/mol. The van der Waals surface area contributed by atoms with Gasteiger partial charge in [-0.15, -0.1) is 6.58 Å². The van der Waals surface area contributed by atoms with Crippen LogP contribution in [0.3, 0.4) is 0 Å². The third-order valence-corrected chi connectivity index (χ3v) is 1.74. The van der Waals surface area contributed by atoms with Crippen molar-refractivity contribution in [1.82, 2.24) is 0 Å². The van der Waals surface area contributed by atoms with Crippen LogP contribution in [0.15, 0.2) is 25.5 Å². The molecule has 0 saturated heterocycles. The average Bonchev–Trinajstić information content (AvgIpc) is 2.23. The molecule has 1 unspecified atom stereocenters. The van der Waals surface area contributed by atoms with Gasteiger partial charge in [-0.1, -0.05) is 12.7 Å². The van der Waals surface area contributed by atoms with Gasteiger partial charge in [-0.2, -0.15) is 0 Å². The molecule has 0 fully saturated rings. The summed E-state index contributed by atoms with van der Waals surface area (Å²) in [5, 5.41) is 0. The molecule has 0 saturated carbocycles. The van der Waals surface area contributed by atoms with Gasteiger partial charge < -0.3 is 14.2 Å². The molecule has 4 heteroatoms. The molecule has 0 spiro atoms. The number of ether oxygens (including phenoxy) is 3. The quantitative estimate of drug-likeness (QED) is 0.189. The van der Waals surface area contributed by atoms with E-state index in [2.05, 4.69) is 13.2 Å². The van der Waals surface area contributed by atoms with Gasteiger partial charge in [0.25, 0.3) is 0 Å². The van der Waals surface area contributed by atoms with Gasteiger partial charge >= 0.3 is 5.97 Å². The van der Waals surface area contributed by atoms with E-state index < -0.39 is 6.29 Å². The van der Waals surface area contributed by atoms with E-state index in [1.807, 2.05) is 0 Å². The molecular weight excluding hydrogens is 208 g/mol. The Labute approximate surface area is 96.9 Å². The van der Waals surface area contributed by atoms with E-state index in [1.165, 1.54) is 12.3 Å². The van der Waals surface area contributed by atoms with Gasteiger partial charge in [0, 0.05) is 0 Å². The normalized spacial score (nSPS) is 11.6. The van der Waals surface area contributed by atoms with Crippen LogP contribution in [0.25, 0.3) is 0 Å². The van der Waals surface area contributed by atoms with Crippen molar-refractivity contribution in [2.24, 2.45) is 0 Å². The summed E-state index contributed by atoms with van der Waals surface area (Å²) < 4.78 is 15.2. The van der Waals surface area contributed by atoms with Crippen molar-refractivity contribution in [3.8, 4) is 0 Å². The zero-order valence-electron chi connectivity index (χ0n) is 9.81. The highest BCUT2D eigenvalue weighted by atomic mass is 16.7. The fraction of sp³-hybridized carbons (Fsp3) is 0.583. The lowest BCUT2D eigenvalue weighted by atomic mass is 10.3. The van der Waals surface area contributed by atoms with Crippen LogP contribution < -0.4 is 0 Å². The first-order chi connectivity index (χ1) is 7.70. The largest absolute Gasteiger partial charge is 0.502 e. The lowest BCUT2D eigenvalue weighted by Gasteiger charge is -2.13. The lowest BCUT2D eigenvalue weighted by molar-refractivity contribution is -0.173. The molecule has 1 atom stereocenters. The van der Waals surface area contributed by atoms with E-state index in [0.29, 0.717) is 13.2 Å². The number of carbonyl (C=O) groups excluding carboxylic acids is 1. The second-order valence-corrected chi connectivity index (χ2v) is 3.17. The Balaban J connectivity index is 3.35. The smallest absolute Gasteiger partial charge is 0.311 e. The molecule has 0 aromatic heterocycles. The molecule has 0 rings (SSSR count). The number of esters is 1. The Morgan fingerprint density at radius 2 is 2.00 bits per heavy atom. The maximum atomic E-state index is 11.0. The Morgan fingerprint density at radius 3 is 2.62 bits per heavy atom. The van der Waals surface area contributed by atoms with E-state index in [9.17, 15) is 4.79 Å². The zero-order chi connectivity index (χ0) is 12.2. The Kier molecular flexibility index (Phi) is 9.41. The second-order valence-electron chi connectivity index (χ2n) is 3.17. The third kappa shape index (κ3) is 9.27. The number of rotatable bonds is 10. The van der Waals surface area contributed by atoms with Crippen LogP contribution in [-0.2, 0) is 19.0 Å². The molecule has 92 valence electrons. The van der Waals surface area contributed by atoms with Crippen molar-refractivity contribution in [2.75, 3.05) is 13.2 Å². The maximum Gasteiger partial charge on any atom is 0.311 e. The molecule has 0 aliphatic carbocycles. The van der Waals surface area contributed by atoms with Gasteiger partial charge in [-0.3, -0.25) is 4.79 Å². The molecular formula is C12H20O4. The molecule has 0 aromatic carbocycles. The first-order valence-electron chi connectivity index (χ1n) is 5.35. The number of carbonyl (C=O) groups is 1.